The molecule has 1 saturated heterocycles. The molecule has 1 aromatic rings. The number of likely N-dealkylation sites (tertiary alicyclic amines) is 1. The standard InChI is InChI=1S/C24H30BrN3O2/c1-2-28-13-3-4-17(28)14-26-22(29)20-18-9-10-19(24(18)11-12-24)21(20)23(30)27-16-7-5-15(25)6-8-16/h5-10,17-21H,2-4,11-14H2,1H3,(H,26,29)(H,27,30)/t17?,18-,19-,20-,21-/m1/s1. The lowest BCUT2D eigenvalue weighted by Gasteiger charge is -2.28. The molecule has 5 atom stereocenters. The second-order valence-electron chi connectivity index (χ2n) is 9.39. The molecule has 160 valence electrons. The predicted octanol–water partition coefficient (Wildman–Crippen LogP) is 3.82. The summed E-state index contributed by atoms with van der Waals surface area (Å²) in [5, 5.41) is 6.31. The summed E-state index contributed by atoms with van der Waals surface area (Å²) in [5.74, 6) is -0.0959. The largest absolute Gasteiger partial charge is 0.354 e. The molecular weight excluding hydrogens is 442 g/mol. The Morgan fingerprint density at radius 1 is 1.10 bits per heavy atom. The molecule has 1 heterocycles. The molecule has 1 spiro atoms. The highest BCUT2D eigenvalue weighted by Gasteiger charge is 2.69. The van der Waals surface area contributed by atoms with Crippen LogP contribution in [0.15, 0.2) is 40.9 Å². The molecule has 5 rings (SSSR count). The first-order valence-corrected chi connectivity index (χ1v) is 12.1. The van der Waals surface area contributed by atoms with Crippen LogP contribution in [0.4, 0.5) is 5.69 Å². The van der Waals surface area contributed by atoms with Crippen molar-refractivity contribution in [1.29, 1.82) is 0 Å². The second kappa shape index (κ2) is 7.79. The van der Waals surface area contributed by atoms with Gasteiger partial charge in [0.25, 0.3) is 0 Å². The van der Waals surface area contributed by atoms with Gasteiger partial charge in [0.2, 0.25) is 11.8 Å². The molecule has 1 aliphatic heterocycles. The topological polar surface area (TPSA) is 61.4 Å². The number of carbonyl (C=O) groups excluding carboxylic acids is 2. The normalized spacial score (nSPS) is 33.2. The van der Waals surface area contributed by atoms with Gasteiger partial charge in [-0.3, -0.25) is 14.5 Å². The maximum absolute atomic E-state index is 13.4. The molecule has 2 N–H and O–H groups in total. The van der Waals surface area contributed by atoms with E-state index in [-0.39, 0.29) is 40.9 Å². The van der Waals surface area contributed by atoms with E-state index in [2.05, 4.69) is 50.5 Å². The molecule has 0 radical (unpaired) electrons. The molecule has 1 unspecified atom stereocenters. The van der Waals surface area contributed by atoms with Crippen molar-refractivity contribution in [3.63, 3.8) is 0 Å². The monoisotopic (exact) mass is 471 g/mol. The number of hydrogen-bond donors (Lipinski definition) is 2. The number of nitrogens with one attached hydrogen (secondary N) is 2. The summed E-state index contributed by atoms with van der Waals surface area (Å²) < 4.78 is 0.977. The highest BCUT2D eigenvalue weighted by molar-refractivity contribution is 9.10. The van der Waals surface area contributed by atoms with Gasteiger partial charge in [-0.1, -0.05) is 35.0 Å². The van der Waals surface area contributed by atoms with E-state index < -0.39 is 0 Å². The van der Waals surface area contributed by atoms with Crippen LogP contribution in [0.3, 0.4) is 0 Å². The molecule has 3 fully saturated rings. The van der Waals surface area contributed by atoms with Crippen molar-refractivity contribution in [2.45, 2.75) is 38.6 Å². The molecule has 2 saturated carbocycles. The van der Waals surface area contributed by atoms with Crippen LogP contribution in [0.25, 0.3) is 0 Å². The van der Waals surface area contributed by atoms with Gasteiger partial charge in [0.15, 0.2) is 0 Å². The molecule has 2 amide bonds. The van der Waals surface area contributed by atoms with Crippen LogP contribution in [0, 0.1) is 29.1 Å². The number of carbonyl (C=O) groups is 2. The average Bonchev–Trinajstić information content (AvgIpc) is 3.18. The van der Waals surface area contributed by atoms with Gasteiger partial charge in [-0.05, 0) is 80.3 Å². The Morgan fingerprint density at radius 2 is 1.77 bits per heavy atom. The van der Waals surface area contributed by atoms with Crippen molar-refractivity contribution < 1.29 is 9.59 Å². The third-order valence-corrected chi connectivity index (χ3v) is 8.50. The highest BCUT2D eigenvalue weighted by Crippen LogP contribution is 2.72. The zero-order valence-electron chi connectivity index (χ0n) is 17.4. The minimum Gasteiger partial charge on any atom is -0.354 e. The number of benzene rings is 1. The van der Waals surface area contributed by atoms with E-state index in [0.29, 0.717) is 12.6 Å². The molecule has 3 aliphatic carbocycles. The number of nitrogens with zero attached hydrogens (tertiary/aromatic N) is 1. The number of hydrogen-bond acceptors (Lipinski definition) is 3. The van der Waals surface area contributed by atoms with Gasteiger partial charge in [0.05, 0.1) is 11.8 Å². The summed E-state index contributed by atoms with van der Waals surface area (Å²) in [7, 11) is 0. The van der Waals surface area contributed by atoms with E-state index >= 15 is 0 Å². The molecule has 1 aromatic carbocycles. The first-order valence-electron chi connectivity index (χ1n) is 11.3. The zero-order valence-corrected chi connectivity index (χ0v) is 19.0. The van der Waals surface area contributed by atoms with Gasteiger partial charge >= 0.3 is 0 Å². The van der Waals surface area contributed by atoms with Gasteiger partial charge < -0.3 is 10.6 Å². The van der Waals surface area contributed by atoms with Crippen LogP contribution in [-0.4, -0.2) is 42.4 Å². The fourth-order valence-electron chi connectivity index (χ4n) is 6.35. The van der Waals surface area contributed by atoms with E-state index in [1.807, 2.05) is 24.3 Å². The molecule has 2 bridgehead atoms. The van der Waals surface area contributed by atoms with Crippen LogP contribution >= 0.6 is 15.9 Å². The molecule has 6 heteroatoms. The number of amides is 2. The summed E-state index contributed by atoms with van der Waals surface area (Å²) >= 11 is 3.43. The SMILES string of the molecule is CCN1CCCC1CNC(=O)[C@H]1[C@H](C(=O)Nc2ccc(Br)cc2)[C@H]2C=C[C@H]1C21CC1. The minimum absolute atomic E-state index is 0.0170. The van der Waals surface area contributed by atoms with Gasteiger partial charge in [0.1, 0.15) is 0 Å². The Morgan fingerprint density at radius 3 is 2.40 bits per heavy atom. The fourth-order valence-corrected chi connectivity index (χ4v) is 6.61. The second-order valence-corrected chi connectivity index (χ2v) is 10.3. The van der Waals surface area contributed by atoms with Crippen LogP contribution < -0.4 is 10.6 Å². The van der Waals surface area contributed by atoms with Gasteiger partial charge in [-0.25, -0.2) is 0 Å². The Balaban J connectivity index is 1.32. The molecule has 4 aliphatic rings. The summed E-state index contributed by atoms with van der Waals surface area (Å²) in [6.45, 7) is 5.02. The zero-order chi connectivity index (χ0) is 20.9. The Kier molecular flexibility index (Phi) is 5.26. The molecule has 0 aromatic heterocycles. The van der Waals surface area contributed by atoms with Crippen molar-refractivity contribution in [3.8, 4) is 0 Å². The van der Waals surface area contributed by atoms with Crippen molar-refractivity contribution >= 4 is 33.4 Å². The van der Waals surface area contributed by atoms with Crippen molar-refractivity contribution in [1.82, 2.24) is 10.2 Å². The minimum atomic E-state index is -0.281. The number of halogens is 1. The summed E-state index contributed by atoms with van der Waals surface area (Å²) in [5.41, 5.74) is 0.940. The summed E-state index contributed by atoms with van der Waals surface area (Å²) in [6, 6.07) is 8.06. The smallest absolute Gasteiger partial charge is 0.228 e. The Bertz CT molecular complexity index is 864. The summed E-state index contributed by atoms with van der Waals surface area (Å²) in [6.07, 6.45) is 9.04. The van der Waals surface area contributed by atoms with Gasteiger partial charge in [-0.15, -0.1) is 0 Å². The number of allylic oxidation sites excluding steroid dienone is 2. The first-order chi connectivity index (χ1) is 14.5. The predicted molar refractivity (Wildman–Crippen MR) is 121 cm³/mol. The van der Waals surface area contributed by atoms with E-state index in [9.17, 15) is 9.59 Å². The number of likely N-dealkylation sites (N-methyl/N-ethyl adjacent to an activating group) is 1. The maximum Gasteiger partial charge on any atom is 0.228 e. The quantitative estimate of drug-likeness (QED) is 0.619. The lowest BCUT2D eigenvalue weighted by molar-refractivity contribution is -0.133. The average molecular weight is 472 g/mol. The van der Waals surface area contributed by atoms with Crippen LogP contribution in [0.5, 0.6) is 0 Å². The molecular formula is C24H30BrN3O2. The van der Waals surface area contributed by atoms with Crippen LogP contribution in [0.1, 0.15) is 32.6 Å². The fraction of sp³-hybridized carbons (Fsp3) is 0.583. The van der Waals surface area contributed by atoms with E-state index in [1.54, 1.807) is 0 Å². The van der Waals surface area contributed by atoms with E-state index in [4.69, 9.17) is 0 Å². The molecule has 30 heavy (non-hydrogen) atoms. The number of anilines is 1. The van der Waals surface area contributed by atoms with E-state index in [1.165, 1.54) is 6.42 Å². The lowest BCUT2D eigenvalue weighted by atomic mass is 9.81. The highest BCUT2D eigenvalue weighted by atomic mass is 79.9. The van der Waals surface area contributed by atoms with Crippen molar-refractivity contribution in [2.75, 3.05) is 25.0 Å². The van der Waals surface area contributed by atoms with E-state index in [0.717, 1.165) is 42.5 Å². The van der Waals surface area contributed by atoms with Gasteiger partial charge in [-0.2, -0.15) is 0 Å². The van der Waals surface area contributed by atoms with Crippen molar-refractivity contribution in [3.05, 3.63) is 40.9 Å². The molecule has 5 nitrogen and oxygen atoms in total. The number of rotatable bonds is 6. The van der Waals surface area contributed by atoms with Gasteiger partial charge in [0, 0.05) is 22.7 Å². The van der Waals surface area contributed by atoms with Crippen LogP contribution in [-0.2, 0) is 9.59 Å². The Labute approximate surface area is 186 Å². The third-order valence-electron chi connectivity index (χ3n) is 7.98. The van der Waals surface area contributed by atoms with Crippen LogP contribution in [0.2, 0.25) is 0 Å². The summed E-state index contributed by atoms with van der Waals surface area (Å²) in [4.78, 5) is 29.1. The third kappa shape index (κ3) is 3.32. The maximum atomic E-state index is 13.4. The first kappa shape index (κ1) is 20.3. The Hall–Kier alpha value is -1.66. The lowest BCUT2D eigenvalue weighted by Crippen LogP contribution is -2.46. The van der Waals surface area contributed by atoms with Crippen molar-refractivity contribution in [2.24, 2.45) is 29.1 Å².